The minimum atomic E-state index is -4.51. The minimum Gasteiger partial charge on any atom is -0.345 e. The van der Waals surface area contributed by atoms with Crippen LogP contribution in [-0.2, 0) is 11.3 Å². The number of halogens is 4. The Kier molecular flexibility index (Phi) is 5.05. The van der Waals surface area contributed by atoms with Gasteiger partial charge in [-0.2, -0.15) is 18.3 Å². The first-order chi connectivity index (χ1) is 10.7. The summed E-state index contributed by atoms with van der Waals surface area (Å²) in [5.74, 6) is -0.954. The molecule has 0 aliphatic carbocycles. The standard InChI is InChI=1S/C14H11ClF3N3O2/c15-10-3-1-9(2-4-10)11-5-6-13(23)21(20-11)7-12(22)19-8-14(16,17)18/h1-6H,7-8H2,(H,19,22). The fraction of sp³-hybridized carbons (Fsp3) is 0.214. The molecule has 9 heteroatoms. The SMILES string of the molecule is O=C(Cn1nc(-c2ccc(Cl)cc2)ccc1=O)NCC(F)(F)F. The number of nitrogens with zero attached hydrogens (tertiary/aromatic N) is 2. The summed E-state index contributed by atoms with van der Waals surface area (Å²) < 4.78 is 36.9. The molecule has 0 unspecified atom stereocenters. The summed E-state index contributed by atoms with van der Waals surface area (Å²) in [5.41, 5.74) is 0.452. The Bertz CT molecular complexity index is 757. The van der Waals surface area contributed by atoms with Gasteiger partial charge in [0, 0.05) is 16.7 Å². The fourth-order valence-corrected chi connectivity index (χ4v) is 1.85. The maximum absolute atomic E-state index is 12.0. The predicted molar refractivity (Wildman–Crippen MR) is 78.0 cm³/mol. The van der Waals surface area contributed by atoms with E-state index in [9.17, 15) is 22.8 Å². The third kappa shape index (κ3) is 5.10. The van der Waals surface area contributed by atoms with Gasteiger partial charge in [-0.25, -0.2) is 4.68 Å². The van der Waals surface area contributed by atoms with Gasteiger partial charge in [0.2, 0.25) is 5.91 Å². The fourth-order valence-electron chi connectivity index (χ4n) is 1.73. The van der Waals surface area contributed by atoms with Gasteiger partial charge < -0.3 is 5.32 Å². The molecule has 5 nitrogen and oxygen atoms in total. The van der Waals surface area contributed by atoms with Crippen molar-refractivity contribution in [3.05, 3.63) is 51.8 Å². The minimum absolute atomic E-state index is 0.393. The molecule has 1 heterocycles. The number of amides is 1. The normalized spacial score (nSPS) is 11.3. The van der Waals surface area contributed by atoms with Gasteiger partial charge in [-0.1, -0.05) is 23.7 Å². The molecule has 0 radical (unpaired) electrons. The molecule has 1 N–H and O–H groups in total. The number of carbonyl (C=O) groups is 1. The highest BCUT2D eigenvalue weighted by Crippen LogP contribution is 2.18. The first-order valence-corrected chi connectivity index (χ1v) is 6.80. The monoisotopic (exact) mass is 345 g/mol. The van der Waals surface area contributed by atoms with E-state index < -0.39 is 30.7 Å². The third-order valence-corrected chi connectivity index (χ3v) is 3.04. The van der Waals surface area contributed by atoms with Gasteiger partial charge >= 0.3 is 6.18 Å². The van der Waals surface area contributed by atoms with E-state index in [-0.39, 0.29) is 0 Å². The van der Waals surface area contributed by atoms with Crippen LogP contribution in [0.1, 0.15) is 0 Å². The Morgan fingerprint density at radius 2 is 1.83 bits per heavy atom. The van der Waals surface area contributed by atoms with Gasteiger partial charge in [0.05, 0.1) is 5.69 Å². The van der Waals surface area contributed by atoms with Gasteiger partial charge in [0.1, 0.15) is 13.1 Å². The average molecular weight is 346 g/mol. The van der Waals surface area contributed by atoms with E-state index in [2.05, 4.69) is 5.10 Å². The predicted octanol–water partition coefficient (Wildman–Crippen LogP) is 2.24. The molecular formula is C14H11ClF3N3O2. The molecule has 0 aliphatic heterocycles. The molecular weight excluding hydrogens is 335 g/mol. The van der Waals surface area contributed by atoms with Crippen LogP contribution in [-0.4, -0.2) is 28.4 Å². The Morgan fingerprint density at radius 3 is 2.43 bits per heavy atom. The number of hydrogen-bond acceptors (Lipinski definition) is 3. The number of hydrogen-bond donors (Lipinski definition) is 1. The van der Waals surface area contributed by atoms with Crippen molar-refractivity contribution in [1.82, 2.24) is 15.1 Å². The smallest absolute Gasteiger partial charge is 0.345 e. The molecule has 1 amide bonds. The van der Waals surface area contributed by atoms with Gasteiger partial charge in [0.25, 0.3) is 5.56 Å². The van der Waals surface area contributed by atoms with Crippen molar-refractivity contribution < 1.29 is 18.0 Å². The number of aromatic nitrogens is 2. The average Bonchev–Trinajstić information content (AvgIpc) is 2.48. The molecule has 23 heavy (non-hydrogen) atoms. The Labute approximate surface area is 133 Å². The topological polar surface area (TPSA) is 64.0 Å². The van der Waals surface area contributed by atoms with Crippen molar-refractivity contribution in [2.45, 2.75) is 12.7 Å². The summed E-state index contributed by atoms with van der Waals surface area (Å²) in [4.78, 5) is 23.1. The number of nitrogens with one attached hydrogen (secondary N) is 1. The molecule has 0 bridgehead atoms. The van der Waals surface area contributed by atoms with E-state index in [1.165, 1.54) is 12.1 Å². The van der Waals surface area contributed by atoms with Gasteiger partial charge in [-0.15, -0.1) is 0 Å². The second kappa shape index (κ2) is 6.82. The number of carbonyl (C=O) groups excluding carboxylic acids is 1. The van der Waals surface area contributed by atoms with E-state index in [1.54, 1.807) is 29.6 Å². The lowest BCUT2D eigenvalue weighted by atomic mass is 10.1. The van der Waals surface area contributed by atoms with Crippen LogP contribution in [0.3, 0.4) is 0 Å². The first kappa shape index (κ1) is 17.0. The number of benzene rings is 1. The summed E-state index contributed by atoms with van der Waals surface area (Å²) in [6.45, 7) is -2.06. The maximum atomic E-state index is 12.0. The molecule has 2 aromatic rings. The third-order valence-electron chi connectivity index (χ3n) is 2.79. The van der Waals surface area contributed by atoms with Crippen molar-refractivity contribution in [3.63, 3.8) is 0 Å². The molecule has 0 fully saturated rings. The largest absolute Gasteiger partial charge is 0.405 e. The Morgan fingerprint density at radius 1 is 1.17 bits per heavy atom. The van der Waals surface area contributed by atoms with Crippen LogP contribution in [0, 0.1) is 0 Å². The second-order valence-electron chi connectivity index (χ2n) is 4.61. The zero-order valence-electron chi connectivity index (χ0n) is 11.6. The van der Waals surface area contributed by atoms with Crippen LogP contribution in [0.15, 0.2) is 41.2 Å². The van der Waals surface area contributed by atoms with Crippen LogP contribution >= 0.6 is 11.6 Å². The van der Waals surface area contributed by atoms with E-state index in [1.807, 2.05) is 0 Å². The zero-order valence-corrected chi connectivity index (χ0v) is 12.4. The molecule has 0 saturated heterocycles. The number of rotatable bonds is 4. The number of alkyl halides is 3. The molecule has 0 saturated carbocycles. The van der Waals surface area contributed by atoms with E-state index in [0.717, 1.165) is 4.68 Å². The molecule has 0 aliphatic rings. The molecule has 0 atom stereocenters. The van der Waals surface area contributed by atoms with Crippen molar-refractivity contribution in [2.75, 3.05) is 6.54 Å². The molecule has 0 spiro atoms. The molecule has 1 aromatic heterocycles. The van der Waals surface area contributed by atoms with Crippen LogP contribution in [0.4, 0.5) is 13.2 Å². The van der Waals surface area contributed by atoms with Crippen molar-refractivity contribution in [3.8, 4) is 11.3 Å². The lowest BCUT2D eigenvalue weighted by molar-refractivity contribution is -0.138. The second-order valence-corrected chi connectivity index (χ2v) is 5.05. The van der Waals surface area contributed by atoms with Crippen LogP contribution in [0.25, 0.3) is 11.3 Å². The van der Waals surface area contributed by atoms with Gasteiger partial charge in [0.15, 0.2) is 0 Å². The Hall–Kier alpha value is -2.35. The van der Waals surface area contributed by atoms with E-state index >= 15 is 0 Å². The summed E-state index contributed by atoms with van der Waals surface area (Å²) in [6.07, 6.45) is -4.51. The zero-order chi connectivity index (χ0) is 17.0. The maximum Gasteiger partial charge on any atom is 0.405 e. The highest BCUT2D eigenvalue weighted by Gasteiger charge is 2.27. The van der Waals surface area contributed by atoms with Crippen LogP contribution < -0.4 is 10.9 Å². The van der Waals surface area contributed by atoms with Gasteiger partial charge in [-0.3, -0.25) is 9.59 Å². The molecule has 122 valence electrons. The van der Waals surface area contributed by atoms with Crippen LogP contribution in [0.2, 0.25) is 5.02 Å². The van der Waals surface area contributed by atoms with Gasteiger partial charge in [-0.05, 0) is 18.2 Å². The highest BCUT2D eigenvalue weighted by atomic mass is 35.5. The Balaban J connectivity index is 2.16. The van der Waals surface area contributed by atoms with Crippen molar-refractivity contribution >= 4 is 17.5 Å². The molecule has 2 rings (SSSR count). The first-order valence-electron chi connectivity index (χ1n) is 6.42. The summed E-state index contributed by atoms with van der Waals surface area (Å²) in [5, 5.41) is 6.18. The lowest BCUT2D eigenvalue weighted by Gasteiger charge is -2.10. The van der Waals surface area contributed by atoms with Crippen LogP contribution in [0.5, 0.6) is 0 Å². The highest BCUT2D eigenvalue weighted by molar-refractivity contribution is 6.30. The van der Waals surface area contributed by atoms with Crippen molar-refractivity contribution in [1.29, 1.82) is 0 Å². The lowest BCUT2D eigenvalue weighted by Crippen LogP contribution is -2.38. The summed E-state index contributed by atoms with van der Waals surface area (Å²) in [7, 11) is 0. The van der Waals surface area contributed by atoms with Crippen molar-refractivity contribution in [2.24, 2.45) is 0 Å². The summed E-state index contributed by atoms with van der Waals surface area (Å²) >= 11 is 5.78. The summed E-state index contributed by atoms with van der Waals surface area (Å²) in [6, 6.07) is 9.24. The van der Waals surface area contributed by atoms with E-state index in [0.29, 0.717) is 16.3 Å². The van der Waals surface area contributed by atoms with E-state index in [4.69, 9.17) is 11.6 Å². The quantitative estimate of drug-likeness (QED) is 0.924. The molecule has 1 aromatic carbocycles.